The smallest absolute Gasteiger partial charge is 0.130 e. The van der Waals surface area contributed by atoms with E-state index >= 15 is 0 Å². The summed E-state index contributed by atoms with van der Waals surface area (Å²) in [5, 5.41) is 3.32. The molecule has 1 aromatic carbocycles. The molecule has 2 aromatic rings. The Morgan fingerprint density at radius 3 is 2.81 bits per heavy atom. The van der Waals surface area contributed by atoms with E-state index in [2.05, 4.69) is 17.2 Å². The van der Waals surface area contributed by atoms with Crippen LogP contribution in [0.15, 0.2) is 36.4 Å². The van der Waals surface area contributed by atoms with Gasteiger partial charge in [-0.25, -0.2) is 4.39 Å². The average Bonchev–Trinajstić information content (AvgIpc) is 2.49. The van der Waals surface area contributed by atoms with Gasteiger partial charge in [0.25, 0.3) is 0 Å². The van der Waals surface area contributed by atoms with E-state index in [0.29, 0.717) is 12.4 Å². The number of aromatic nitrogens is 1. The Bertz CT molecular complexity index is 587. The highest BCUT2D eigenvalue weighted by Crippen LogP contribution is 2.19. The van der Waals surface area contributed by atoms with Crippen molar-refractivity contribution < 1.29 is 9.13 Å². The van der Waals surface area contributed by atoms with Crippen LogP contribution in [0.3, 0.4) is 0 Å². The molecular formula is C17H21FN2O. The molecule has 0 aliphatic carbocycles. The Morgan fingerprint density at radius 2 is 2.00 bits per heavy atom. The molecular weight excluding hydrogens is 267 g/mol. The third-order valence-electron chi connectivity index (χ3n) is 3.12. The van der Waals surface area contributed by atoms with Crippen molar-refractivity contribution in [1.82, 2.24) is 10.3 Å². The zero-order valence-corrected chi connectivity index (χ0v) is 12.5. The highest BCUT2D eigenvalue weighted by atomic mass is 19.1. The average molecular weight is 288 g/mol. The van der Waals surface area contributed by atoms with Crippen LogP contribution in [0.4, 0.5) is 4.39 Å². The SMILES string of the molecule is CCCNCc1cccc(COc2cc(F)ccc2C)n1. The second-order valence-corrected chi connectivity index (χ2v) is 5.00. The zero-order chi connectivity index (χ0) is 15.1. The summed E-state index contributed by atoms with van der Waals surface area (Å²) in [6, 6.07) is 10.4. The summed E-state index contributed by atoms with van der Waals surface area (Å²) in [6.45, 7) is 6.09. The van der Waals surface area contributed by atoms with Crippen LogP contribution in [-0.4, -0.2) is 11.5 Å². The van der Waals surface area contributed by atoms with Gasteiger partial charge in [-0.2, -0.15) is 0 Å². The van der Waals surface area contributed by atoms with Crippen LogP contribution in [0.5, 0.6) is 5.75 Å². The molecule has 0 spiro atoms. The lowest BCUT2D eigenvalue weighted by Gasteiger charge is -2.10. The predicted molar refractivity (Wildman–Crippen MR) is 81.7 cm³/mol. The number of rotatable bonds is 7. The molecule has 21 heavy (non-hydrogen) atoms. The van der Waals surface area contributed by atoms with E-state index in [0.717, 1.165) is 36.5 Å². The number of pyridine rings is 1. The van der Waals surface area contributed by atoms with E-state index in [1.165, 1.54) is 12.1 Å². The maximum absolute atomic E-state index is 13.2. The molecule has 0 saturated heterocycles. The Kier molecular flexibility index (Phi) is 5.69. The second kappa shape index (κ2) is 7.74. The van der Waals surface area contributed by atoms with Gasteiger partial charge < -0.3 is 10.1 Å². The van der Waals surface area contributed by atoms with Gasteiger partial charge >= 0.3 is 0 Å². The van der Waals surface area contributed by atoms with Crippen LogP contribution in [0.25, 0.3) is 0 Å². The minimum absolute atomic E-state index is 0.291. The molecule has 1 aromatic heterocycles. The summed E-state index contributed by atoms with van der Waals surface area (Å²) in [7, 11) is 0. The molecule has 0 fully saturated rings. The summed E-state index contributed by atoms with van der Waals surface area (Å²) >= 11 is 0. The minimum Gasteiger partial charge on any atom is -0.487 e. The van der Waals surface area contributed by atoms with Gasteiger partial charge in [0, 0.05) is 12.6 Å². The third-order valence-corrected chi connectivity index (χ3v) is 3.12. The molecule has 0 amide bonds. The second-order valence-electron chi connectivity index (χ2n) is 5.00. The molecule has 0 aliphatic rings. The number of hydrogen-bond donors (Lipinski definition) is 1. The molecule has 0 aliphatic heterocycles. The number of hydrogen-bond acceptors (Lipinski definition) is 3. The van der Waals surface area contributed by atoms with E-state index in [1.807, 2.05) is 25.1 Å². The van der Waals surface area contributed by atoms with E-state index < -0.39 is 0 Å². The lowest BCUT2D eigenvalue weighted by atomic mass is 10.2. The maximum Gasteiger partial charge on any atom is 0.130 e. The Hall–Kier alpha value is -1.94. The Morgan fingerprint density at radius 1 is 1.19 bits per heavy atom. The number of aryl methyl sites for hydroxylation is 1. The third kappa shape index (κ3) is 4.83. The molecule has 1 N–H and O–H groups in total. The highest BCUT2D eigenvalue weighted by Gasteiger charge is 2.03. The molecule has 2 rings (SSSR count). The fraction of sp³-hybridized carbons (Fsp3) is 0.353. The molecule has 0 unspecified atom stereocenters. The largest absolute Gasteiger partial charge is 0.487 e. The first-order chi connectivity index (χ1) is 10.2. The van der Waals surface area contributed by atoms with Gasteiger partial charge in [0.05, 0.1) is 11.4 Å². The zero-order valence-electron chi connectivity index (χ0n) is 12.5. The molecule has 0 radical (unpaired) electrons. The summed E-state index contributed by atoms with van der Waals surface area (Å²) < 4.78 is 18.9. The highest BCUT2D eigenvalue weighted by molar-refractivity contribution is 5.32. The Labute approximate surface area is 125 Å². The predicted octanol–water partition coefficient (Wildman–Crippen LogP) is 3.61. The van der Waals surface area contributed by atoms with Crippen molar-refractivity contribution in [3.05, 3.63) is 59.2 Å². The van der Waals surface area contributed by atoms with Gasteiger partial charge in [0.15, 0.2) is 0 Å². The van der Waals surface area contributed by atoms with Crippen LogP contribution in [0.2, 0.25) is 0 Å². The number of halogens is 1. The van der Waals surface area contributed by atoms with Gasteiger partial charge in [0.1, 0.15) is 18.2 Å². The van der Waals surface area contributed by atoms with Crippen LogP contribution in [0, 0.1) is 12.7 Å². The number of nitrogens with one attached hydrogen (secondary N) is 1. The topological polar surface area (TPSA) is 34.1 Å². The van der Waals surface area contributed by atoms with Crippen LogP contribution >= 0.6 is 0 Å². The Balaban J connectivity index is 1.96. The standard InChI is InChI=1S/C17H21FN2O/c1-3-9-19-11-15-5-4-6-16(20-15)12-21-17-10-14(18)8-7-13(17)2/h4-8,10,19H,3,9,11-12H2,1-2H3. The lowest BCUT2D eigenvalue weighted by Crippen LogP contribution is -2.15. The summed E-state index contributed by atoms with van der Waals surface area (Å²) in [5.41, 5.74) is 2.74. The van der Waals surface area contributed by atoms with Gasteiger partial charge in [-0.05, 0) is 43.7 Å². The lowest BCUT2D eigenvalue weighted by molar-refractivity contribution is 0.297. The van der Waals surface area contributed by atoms with Crippen LogP contribution in [-0.2, 0) is 13.2 Å². The fourth-order valence-electron chi connectivity index (χ4n) is 1.98. The van der Waals surface area contributed by atoms with Gasteiger partial charge in [0.2, 0.25) is 0 Å². The molecule has 0 atom stereocenters. The molecule has 0 saturated carbocycles. The monoisotopic (exact) mass is 288 g/mol. The van der Waals surface area contributed by atoms with Crippen LogP contribution < -0.4 is 10.1 Å². The van der Waals surface area contributed by atoms with Crippen molar-refractivity contribution >= 4 is 0 Å². The summed E-state index contributed by atoms with van der Waals surface area (Å²) in [6.07, 6.45) is 1.10. The van der Waals surface area contributed by atoms with Crippen molar-refractivity contribution in [2.75, 3.05) is 6.54 Å². The number of nitrogens with zero attached hydrogens (tertiary/aromatic N) is 1. The summed E-state index contributed by atoms with van der Waals surface area (Å²) in [5.74, 6) is 0.271. The van der Waals surface area contributed by atoms with Crippen molar-refractivity contribution in [3.63, 3.8) is 0 Å². The first kappa shape index (κ1) is 15.4. The maximum atomic E-state index is 13.2. The van der Waals surface area contributed by atoms with E-state index in [1.54, 1.807) is 6.07 Å². The van der Waals surface area contributed by atoms with Gasteiger partial charge in [-0.3, -0.25) is 4.98 Å². The minimum atomic E-state index is -0.291. The van der Waals surface area contributed by atoms with E-state index in [-0.39, 0.29) is 5.82 Å². The molecule has 3 nitrogen and oxygen atoms in total. The van der Waals surface area contributed by atoms with Crippen LogP contribution in [0.1, 0.15) is 30.3 Å². The van der Waals surface area contributed by atoms with Crippen molar-refractivity contribution in [2.24, 2.45) is 0 Å². The molecule has 1 heterocycles. The van der Waals surface area contributed by atoms with Gasteiger partial charge in [-0.1, -0.05) is 19.1 Å². The molecule has 0 bridgehead atoms. The number of benzene rings is 1. The van der Waals surface area contributed by atoms with Crippen molar-refractivity contribution in [3.8, 4) is 5.75 Å². The molecule has 4 heteroatoms. The van der Waals surface area contributed by atoms with Crippen molar-refractivity contribution in [1.29, 1.82) is 0 Å². The fourth-order valence-corrected chi connectivity index (χ4v) is 1.98. The number of ether oxygens (including phenoxy) is 1. The summed E-state index contributed by atoms with van der Waals surface area (Å²) in [4.78, 5) is 4.53. The molecule has 112 valence electrons. The normalized spacial score (nSPS) is 10.6. The van der Waals surface area contributed by atoms with E-state index in [9.17, 15) is 4.39 Å². The first-order valence-electron chi connectivity index (χ1n) is 7.23. The van der Waals surface area contributed by atoms with E-state index in [4.69, 9.17) is 4.74 Å². The quantitative estimate of drug-likeness (QED) is 0.790. The first-order valence-corrected chi connectivity index (χ1v) is 7.23. The van der Waals surface area contributed by atoms with Crippen molar-refractivity contribution in [2.45, 2.75) is 33.4 Å². The van der Waals surface area contributed by atoms with Gasteiger partial charge in [-0.15, -0.1) is 0 Å².